The van der Waals surface area contributed by atoms with Gasteiger partial charge in [0.05, 0.1) is 29.6 Å². The number of hydrogen-bond donors (Lipinski definition) is 1. The van der Waals surface area contributed by atoms with E-state index in [0.717, 1.165) is 47.8 Å². The van der Waals surface area contributed by atoms with Gasteiger partial charge < -0.3 is 14.9 Å². The maximum Gasteiger partial charge on any atom is 0.283 e. The molecular weight excluding hydrogens is 535 g/mol. The molecule has 6 rings (SSSR count). The van der Waals surface area contributed by atoms with Crippen molar-refractivity contribution >= 4 is 16.6 Å². The third-order valence-corrected chi connectivity index (χ3v) is 7.78. The van der Waals surface area contributed by atoms with Crippen molar-refractivity contribution in [2.24, 2.45) is 0 Å². The normalized spacial score (nSPS) is 14.6. The topological polar surface area (TPSA) is 105 Å². The van der Waals surface area contributed by atoms with Crippen molar-refractivity contribution in [2.45, 2.75) is 32.8 Å². The number of anilines is 1. The van der Waals surface area contributed by atoms with Crippen LogP contribution in [-0.2, 0) is 12.0 Å². The number of hydrogen-bond acceptors (Lipinski definition) is 8. The van der Waals surface area contributed by atoms with Crippen LogP contribution in [0.25, 0.3) is 33.5 Å². The number of nitrogens with zero attached hydrogens (tertiary/aromatic N) is 8. The first-order valence-electron chi connectivity index (χ1n) is 13.9. The Morgan fingerprint density at radius 2 is 1.79 bits per heavy atom. The third-order valence-electron chi connectivity index (χ3n) is 7.78. The maximum atomic E-state index is 15.2. The van der Waals surface area contributed by atoms with Gasteiger partial charge in [0.15, 0.2) is 5.82 Å². The van der Waals surface area contributed by atoms with Crippen molar-refractivity contribution in [1.82, 2.24) is 34.4 Å². The second kappa shape index (κ2) is 10.7. The van der Waals surface area contributed by atoms with Crippen LogP contribution in [0.15, 0.2) is 66.0 Å². The number of rotatable bonds is 5. The number of aliphatic hydroxyl groups is 1. The molecule has 1 aromatic carbocycles. The van der Waals surface area contributed by atoms with Crippen molar-refractivity contribution in [3.05, 3.63) is 88.5 Å². The van der Waals surface area contributed by atoms with Crippen LogP contribution in [0.5, 0.6) is 0 Å². The summed E-state index contributed by atoms with van der Waals surface area (Å²) in [5, 5.41) is 19.7. The minimum atomic E-state index is -0.655. The molecule has 5 heterocycles. The molecule has 5 aromatic rings. The molecule has 0 bridgehead atoms. The molecule has 42 heavy (non-hydrogen) atoms. The van der Waals surface area contributed by atoms with Crippen LogP contribution in [0.4, 0.5) is 10.2 Å². The Labute approximate surface area is 242 Å². The fourth-order valence-corrected chi connectivity index (χ4v) is 5.21. The summed E-state index contributed by atoms with van der Waals surface area (Å²) in [7, 11) is 2.12. The number of halogens is 1. The lowest BCUT2D eigenvalue weighted by molar-refractivity contribution is 0.280. The van der Waals surface area contributed by atoms with Gasteiger partial charge in [-0.2, -0.15) is 14.9 Å². The highest BCUT2D eigenvalue weighted by molar-refractivity contribution is 5.82. The minimum Gasteiger partial charge on any atom is -0.391 e. The molecule has 11 heteroatoms. The van der Waals surface area contributed by atoms with E-state index in [4.69, 9.17) is 5.10 Å². The number of piperazine rings is 1. The summed E-state index contributed by atoms with van der Waals surface area (Å²) in [6.07, 6.45) is 6.54. The molecule has 1 aliphatic heterocycles. The Bertz CT molecular complexity index is 1820. The van der Waals surface area contributed by atoms with Crippen molar-refractivity contribution in [2.75, 3.05) is 38.1 Å². The van der Waals surface area contributed by atoms with Crippen LogP contribution in [0.1, 0.15) is 31.9 Å². The SMILES string of the molecule is CN1CCN(c2ccc(-c3ccn(-c4ccnc(-n5ncc6cc(C(C)(C)C)cc(F)c6c5=O)c4CO)n3)cn2)CC1. The van der Waals surface area contributed by atoms with Gasteiger partial charge in [-0.25, -0.2) is 19.0 Å². The fourth-order valence-electron chi connectivity index (χ4n) is 5.21. The molecule has 0 radical (unpaired) electrons. The van der Waals surface area contributed by atoms with Gasteiger partial charge >= 0.3 is 0 Å². The Balaban J connectivity index is 1.34. The highest BCUT2D eigenvalue weighted by Crippen LogP contribution is 2.28. The predicted octanol–water partition coefficient (Wildman–Crippen LogP) is 3.71. The highest BCUT2D eigenvalue weighted by Gasteiger charge is 2.21. The number of likely N-dealkylation sites (N-methyl/N-ethyl adjacent to an activating group) is 1. The summed E-state index contributed by atoms with van der Waals surface area (Å²) >= 11 is 0. The maximum absolute atomic E-state index is 15.2. The van der Waals surface area contributed by atoms with Gasteiger partial charge in [-0.05, 0) is 54.4 Å². The van der Waals surface area contributed by atoms with E-state index in [1.54, 1.807) is 23.0 Å². The lowest BCUT2D eigenvalue weighted by Gasteiger charge is -2.33. The number of fused-ring (bicyclic) bond motifs is 1. The molecule has 0 unspecified atom stereocenters. The zero-order valence-corrected chi connectivity index (χ0v) is 24.1. The van der Waals surface area contributed by atoms with E-state index in [1.807, 2.05) is 45.2 Å². The number of aromatic nitrogens is 6. The number of aliphatic hydroxyl groups excluding tert-OH is 1. The standard InChI is InChI=1S/C31H33FN8O2/c1-31(2,3)22-15-21-18-35-40(30(42)28(21)24(32)16-22)29-23(19-41)26(7-9-33-29)39-10-8-25(36-39)20-5-6-27(34-17-20)38-13-11-37(4)12-14-38/h5-10,15-18,41H,11-14,19H2,1-4H3. The molecule has 1 fully saturated rings. The molecule has 10 nitrogen and oxygen atoms in total. The van der Waals surface area contributed by atoms with Crippen LogP contribution in [0.3, 0.4) is 0 Å². The Morgan fingerprint density at radius 1 is 1.00 bits per heavy atom. The lowest BCUT2D eigenvalue weighted by Crippen LogP contribution is -2.44. The molecule has 216 valence electrons. The van der Waals surface area contributed by atoms with E-state index in [1.165, 1.54) is 18.5 Å². The summed E-state index contributed by atoms with van der Waals surface area (Å²) in [5.74, 6) is 0.424. The van der Waals surface area contributed by atoms with Gasteiger partial charge in [-0.3, -0.25) is 4.79 Å². The molecule has 0 aliphatic carbocycles. The number of pyridine rings is 2. The van der Waals surface area contributed by atoms with Gasteiger partial charge in [0.2, 0.25) is 0 Å². The second-order valence-electron chi connectivity index (χ2n) is 11.7. The van der Waals surface area contributed by atoms with E-state index in [0.29, 0.717) is 22.3 Å². The van der Waals surface area contributed by atoms with E-state index >= 15 is 4.39 Å². The highest BCUT2D eigenvalue weighted by atomic mass is 19.1. The van der Waals surface area contributed by atoms with Crippen LogP contribution in [-0.4, -0.2) is 72.8 Å². The summed E-state index contributed by atoms with van der Waals surface area (Å²) in [6, 6.07) is 10.7. The Kier molecular flexibility index (Phi) is 7.07. The summed E-state index contributed by atoms with van der Waals surface area (Å²) in [4.78, 5) is 27.1. The smallest absolute Gasteiger partial charge is 0.283 e. The first kappa shape index (κ1) is 27.7. The van der Waals surface area contributed by atoms with Crippen molar-refractivity contribution in [3.8, 4) is 22.8 Å². The van der Waals surface area contributed by atoms with Crippen molar-refractivity contribution < 1.29 is 9.50 Å². The number of benzene rings is 1. The van der Waals surface area contributed by atoms with Gasteiger partial charge in [-0.15, -0.1) is 0 Å². The quantitative estimate of drug-likeness (QED) is 0.342. The average Bonchev–Trinajstić information content (AvgIpc) is 3.47. The van der Waals surface area contributed by atoms with Gasteiger partial charge in [0.25, 0.3) is 5.56 Å². The molecule has 1 saturated heterocycles. The second-order valence-corrected chi connectivity index (χ2v) is 11.7. The zero-order valence-electron chi connectivity index (χ0n) is 24.1. The largest absolute Gasteiger partial charge is 0.391 e. The van der Waals surface area contributed by atoms with Crippen LogP contribution < -0.4 is 10.5 Å². The Hall–Kier alpha value is -4.48. The average molecular weight is 569 g/mol. The summed E-state index contributed by atoms with van der Waals surface area (Å²) in [6.45, 7) is 9.37. The first-order valence-corrected chi connectivity index (χ1v) is 13.9. The van der Waals surface area contributed by atoms with E-state index < -0.39 is 18.0 Å². The summed E-state index contributed by atoms with van der Waals surface area (Å²) < 4.78 is 17.9. The van der Waals surface area contributed by atoms with Crippen LogP contribution in [0, 0.1) is 5.82 Å². The van der Waals surface area contributed by atoms with Gasteiger partial charge in [0, 0.05) is 61.3 Å². The molecular formula is C31H33FN8O2. The zero-order chi connectivity index (χ0) is 29.6. The van der Waals surface area contributed by atoms with Crippen LogP contribution in [0.2, 0.25) is 0 Å². The van der Waals surface area contributed by atoms with Gasteiger partial charge in [0.1, 0.15) is 11.6 Å². The van der Waals surface area contributed by atoms with E-state index in [2.05, 4.69) is 31.9 Å². The minimum absolute atomic E-state index is 0.0806. The molecule has 4 aromatic heterocycles. The molecule has 1 N–H and O–H groups in total. The Morgan fingerprint density at radius 3 is 2.48 bits per heavy atom. The lowest BCUT2D eigenvalue weighted by atomic mass is 9.86. The summed E-state index contributed by atoms with van der Waals surface area (Å²) in [5.41, 5.74) is 2.22. The van der Waals surface area contributed by atoms with Crippen molar-refractivity contribution in [1.29, 1.82) is 0 Å². The van der Waals surface area contributed by atoms with E-state index in [-0.39, 0.29) is 16.6 Å². The van der Waals surface area contributed by atoms with E-state index in [9.17, 15) is 9.90 Å². The molecule has 1 aliphatic rings. The molecule has 0 saturated carbocycles. The van der Waals surface area contributed by atoms with Crippen LogP contribution >= 0.6 is 0 Å². The molecule has 0 atom stereocenters. The fraction of sp³-hybridized carbons (Fsp3) is 0.323. The molecule has 0 spiro atoms. The molecule has 0 amide bonds. The first-order chi connectivity index (χ1) is 20.1. The third kappa shape index (κ3) is 5.05. The predicted molar refractivity (Wildman–Crippen MR) is 160 cm³/mol. The van der Waals surface area contributed by atoms with Gasteiger partial charge in [-0.1, -0.05) is 20.8 Å². The van der Waals surface area contributed by atoms with Crippen molar-refractivity contribution in [3.63, 3.8) is 0 Å². The monoisotopic (exact) mass is 568 g/mol.